The van der Waals surface area contributed by atoms with Gasteiger partial charge in [0.15, 0.2) is 0 Å². The van der Waals surface area contributed by atoms with Crippen molar-refractivity contribution in [1.82, 2.24) is 35.3 Å². The highest BCUT2D eigenvalue weighted by molar-refractivity contribution is 9.10. The molecular formula is C25H23BrClF3N8O2. The number of carbonyl (C=O) groups excluding carboxylic acids is 2. The van der Waals surface area contributed by atoms with Crippen molar-refractivity contribution < 1.29 is 22.8 Å². The van der Waals surface area contributed by atoms with Crippen molar-refractivity contribution in [2.45, 2.75) is 46.0 Å². The average Bonchev–Trinajstić information content (AvgIpc) is 3.47. The van der Waals surface area contributed by atoms with Crippen molar-refractivity contribution in [2.24, 2.45) is 0 Å². The van der Waals surface area contributed by atoms with Gasteiger partial charge in [0.05, 0.1) is 22.6 Å². The van der Waals surface area contributed by atoms with E-state index in [1.807, 2.05) is 20.8 Å². The summed E-state index contributed by atoms with van der Waals surface area (Å²) in [7, 11) is 0. The van der Waals surface area contributed by atoms with E-state index >= 15 is 0 Å². The van der Waals surface area contributed by atoms with Crippen LogP contribution in [0.1, 0.15) is 58.7 Å². The van der Waals surface area contributed by atoms with Crippen LogP contribution in [0.5, 0.6) is 0 Å². The van der Waals surface area contributed by atoms with E-state index in [-0.39, 0.29) is 29.2 Å². The molecule has 0 spiro atoms. The number of aromatic nitrogens is 6. The molecular weight excluding hydrogens is 617 g/mol. The first-order valence-electron chi connectivity index (χ1n) is 11.8. The fourth-order valence-electron chi connectivity index (χ4n) is 3.72. The Hall–Kier alpha value is -3.78. The molecule has 2 amide bonds. The number of aryl methyl sites for hydroxylation is 1. The number of rotatable bonds is 6. The van der Waals surface area contributed by atoms with E-state index in [2.05, 4.69) is 47.1 Å². The monoisotopic (exact) mass is 638 g/mol. The molecule has 0 saturated heterocycles. The van der Waals surface area contributed by atoms with Gasteiger partial charge in [0.2, 0.25) is 0 Å². The molecule has 0 aliphatic heterocycles. The zero-order chi connectivity index (χ0) is 29.4. The Morgan fingerprint density at radius 3 is 2.38 bits per heavy atom. The Morgan fingerprint density at radius 2 is 1.75 bits per heavy atom. The van der Waals surface area contributed by atoms with Gasteiger partial charge in [-0.25, -0.2) is 4.68 Å². The van der Waals surface area contributed by atoms with Gasteiger partial charge in [-0.2, -0.15) is 23.1 Å². The maximum Gasteiger partial charge on any atom is 0.455 e. The van der Waals surface area contributed by atoms with E-state index in [9.17, 15) is 22.8 Å². The average molecular weight is 640 g/mol. The smallest absolute Gasteiger partial charge is 0.347 e. The molecule has 210 valence electrons. The molecule has 10 nitrogen and oxygen atoms in total. The molecule has 2 aromatic carbocycles. The number of nitrogens with zero attached hydrogens (tertiary/aromatic N) is 6. The normalized spacial score (nSPS) is 11.9. The van der Waals surface area contributed by atoms with Crippen LogP contribution in [0.4, 0.5) is 18.9 Å². The molecule has 0 radical (unpaired) electrons. The second-order valence-corrected chi connectivity index (χ2v) is 11.1. The van der Waals surface area contributed by atoms with Crippen LogP contribution in [-0.4, -0.2) is 47.3 Å². The molecule has 0 atom stereocenters. The molecule has 4 aromatic rings. The zero-order valence-electron chi connectivity index (χ0n) is 21.6. The molecule has 2 heterocycles. The summed E-state index contributed by atoms with van der Waals surface area (Å²) in [5, 5.41) is 20.2. The minimum absolute atomic E-state index is 0.0367. The van der Waals surface area contributed by atoms with Crippen LogP contribution in [0, 0.1) is 6.92 Å². The fraction of sp³-hybridized carbons (Fsp3) is 0.280. The number of amides is 2. The van der Waals surface area contributed by atoms with Gasteiger partial charge in [-0.1, -0.05) is 23.7 Å². The van der Waals surface area contributed by atoms with Gasteiger partial charge in [-0.15, -0.1) is 10.2 Å². The SMILES string of the molecule is Cc1cc(Cl)cc(C(=O)NC(C)(C)C)c1NC(=O)c1cc(Cn2nnc(C(F)(F)F)n2)nn1-c1ccccc1Br. The summed E-state index contributed by atoms with van der Waals surface area (Å²) >= 11 is 9.66. The van der Waals surface area contributed by atoms with Crippen LogP contribution in [-0.2, 0) is 12.7 Å². The Morgan fingerprint density at radius 1 is 1.05 bits per heavy atom. The number of carbonyl (C=O) groups is 2. The molecule has 0 saturated carbocycles. The highest BCUT2D eigenvalue weighted by atomic mass is 79.9. The Kier molecular flexibility index (Phi) is 8.04. The molecule has 0 aliphatic carbocycles. The summed E-state index contributed by atoms with van der Waals surface area (Å²) in [6, 6.07) is 11.4. The maximum atomic E-state index is 13.7. The van der Waals surface area contributed by atoms with E-state index in [1.165, 1.54) is 16.8 Å². The molecule has 2 N–H and O–H groups in total. The first-order chi connectivity index (χ1) is 18.6. The van der Waals surface area contributed by atoms with Crippen molar-refractivity contribution in [3.05, 3.63) is 80.3 Å². The molecule has 0 aliphatic rings. The maximum absolute atomic E-state index is 13.7. The summed E-state index contributed by atoms with van der Waals surface area (Å²) in [6.45, 7) is 6.86. The third-order valence-electron chi connectivity index (χ3n) is 5.36. The molecule has 40 heavy (non-hydrogen) atoms. The molecule has 0 unspecified atom stereocenters. The number of tetrazole rings is 1. The van der Waals surface area contributed by atoms with E-state index in [4.69, 9.17) is 11.6 Å². The Labute approximate surface area is 240 Å². The van der Waals surface area contributed by atoms with Crippen LogP contribution >= 0.6 is 27.5 Å². The summed E-state index contributed by atoms with van der Waals surface area (Å²) in [4.78, 5) is 27.5. The van der Waals surface area contributed by atoms with E-state index in [0.29, 0.717) is 20.7 Å². The summed E-state index contributed by atoms with van der Waals surface area (Å²) in [5.74, 6) is -2.46. The van der Waals surface area contributed by atoms with Crippen LogP contribution in [0.3, 0.4) is 0 Å². The van der Waals surface area contributed by atoms with Crippen LogP contribution in [0.2, 0.25) is 5.02 Å². The summed E-state index contributed by atoms with van der Waals surface area (Å²) < 4.78 is 40.7. The van der Waals surface area contributed by atoms with Gasteiger partial charge in [0, 0.05) is 15.0 Å². The number of hydrogen-bond acceptors (Lipinski definition) is 6. The van der Waals surface area contributed by atoms with Gasteiger partial charge in [0.1, 0.15) is 12.2 Å². The third-order valence-corrected chi connectivity index (χ3v) is 6.24. The van der Waals surface area contributed by atoms with Crippen molar-refractivity contribution in [3.8, 4) is 5.69 Å². The Bertz CT molecular complexity index is 1590. The van der Waals surface area contributed by atoms with Gasteiger partial charge >= 0.3 is 6.18 Å². The highest BCUT2D eigenvalue weighted by Gasteiger charge is 2.37. The molecule has 0 fully saturated rings. The topological polar surface area (TPSA) is 120 Å². The first kappa shape index (κ1) is 29.2. The lowest BCUT2D eigenvalue weighted by Gasteiger charge is -2.22. The number of halogens is 5. The molecule has 0 bridgehead atoms. The summed E-state index contributed by atoms with van der Waals surface area (Å²) in [5.41, 5.74) is 1.10. The lowest BCUT2D eigenvalue weighted by Crippen LogP contribution is -2.41. The third kappa shape index (κ3) is 6.67. The number of hydrogen-bond donors (Lipinski definition) is 2. The van der Waals surface area contributed by atoms with Crippen LogP contribution in [0.25, 0.3) is 5.69 Å². The van der Waals surface area contributed by atoms with E-state index in [1.54, 1.807) is 37.3 Å². The second kappa shape index (κ2) is 11.0. The van der Waals surface area contributed by atoms with Crippen molar-refractivity contribution in [1.29, 1.82) is 0 Å². The Balaban J connectivity index is 1.74. The minimum Gasteiger partial charge on any atom is -0.347 e. The van der Waals surface area contributed by atoms with Crippen molar-refractivity contribution in [2.75, 3.05) is 5.32 Å². The number of para-hydroxylation sites is 1. The van der Waals surface area contributed by atoms with Gasteiger partial charge in [-0.3, -0.25) is 9.59 Å². The van der Waals surface area contributed by atoms with Gasteiger partial charge in [-0.05, 0) is 84.7 Å². The minimum atomic E-state index is -4.76. The lowest BCUT2D eigenvalue weighted by atomic mass is 10.0. The quantitative estimate of drug-likeness (QED) is 0.290. The molecule has 15 heteroatoms. The van der Waals surface area contributed by atoms with Gasteiger partial charge < -0.3 is 10.6 Å². The van der Waals surface area contributed by atoms with E-state index in [0.717, 1.165) is 4.80 Å². The van der Waals surface area contributed by atoms with Gasteiger partial charge in [0.25, 0.3) is 17.6 Å². The number of anilines is 1. The zero-order valence-corrected chi connectivity index (χ0v) is 24.0. The predicted octanol–water partition coefficient (Wildman–Crippen LogP) is 5.43. The van der Waals surface area contributed by atoms with Crippen LogP contribution < -0.4 is 10.6 Å². The number of nitrogens with one attached hydrogen (secondary N) is 2. The first-order valence-corrected chi connectivity index (χ1v) is 12.9. The predicted molar refractivity (Wildman–Crippen MR) is 145 cm³/mol. The van der Waals surface area contributed by atoms with Crippen LogP contribution in [0.15, 0.2) is 46.9 Å². The summed E-state index contributed by atoms with van der Waals surface area (Å²) in [6.07, 6.45) is -4.76. The largest absolute Gasteiger partial charge is 0.455 e. The number of benzene rings is 2. The molecule has 4 rings (SSSR count). The van der Waals surface area contributed by atoms with Crippen molar-refractivity contribution in [3.63, 3.8) is 0 Å². The van der Waals surface area contributed by atoms with E-state index < -0.39 is 29.4 Å². The molecule has 2 aromatic heterocycles. The fourth-order valence-corrected chi connectivity index (χ4v) is 4.44. The standard InChI is InChI=1S/C25H23BrClF3N8O2/c1-13-9-14(27)10-16(21(39)32-24(2,3)4)20(13)31-22(40)19-11-15(12-37-35-23(33-36-37)25(28,29)30)34-38(19)18-8-6-5-7-17(18)26/h5-11H,12H2,1-4H3,(H,31,40)(H,32,39). The highest BCUT2D eigenvalue weighted by Crippen LogP contribution is 2.29. The second-order valence-electron chi connectivity index (χ2n) is 9.83. The lowest BCUT2D eigenvalue weighted by molar-refractivity contribution is -0.145. The van der Waals surface area contributed by atoms with Crippen molar-refractivity contribution >= 4 is 45.0 Å². The number of alkyl halides is 3.